The molecule has 0 saturated heterocycles. The summed E-state index contributed by atoms with van der Waals surface area (Å²) in [6, 6.07) is 32.8. The van der Waals surface area contributed by atoms with Crippen molar-refractivity contribution in [2.75, 3.05) is 33.0 Å². The summed E-state index contributed by atoms with van der Waals surface area (Å²) < 4.78 is 9.48. The molecular formula is C55H74Br2N8O9SiSn. The van der Waals surface area contributed by atoms with Crippen molar-refractivity contribution in [3.8, 4) is 0 Å². The van der Waals surface area contributed by atoms with E-state index < -0.39 is 26.7 Å². The molecule has 5 aliphatic heterocycles. The molecule has 3 unspecified atom stereocenters. The number of benzene rings is 4. The molecule has 0 bridgehead atoms. The van der Waals surface area contributed by atoms with Crippen LogP contribution in [0.5, 0.6) is 0 Å². The van der Waals surface area contributed by atoms with Gasteiger partial charge in [0.2, 0.25) is 0 Å². The maximum absolute atomic E-state index is 8.99. The van der Waals surface area contributed by atoms with Crippen molar-refractivity contribution in [2.45, 2.75) is 130 Å². The summed E-state index contributed by atoms with van der Waals surface area (Å²) in [5, 5.41) is 50.2. The van der Waals surface area contributed by atoms with Crippen molar-refractivity contribution < 1.29 is 43.9 Å². The Morgan fingerprint density at radius 2 is 0.934 bits per heavy atom. The molecule has 5 heterocycles. The van der Waals surface area contributed by atoms with E-state index in [0.29, 0.717) is 38.8 Å². The molecule has 0 amide bonds. The fourth-order valence-electron chi connectivity index (χ4n) is 7.21. The summed E-state index contributed by atoms with van der Waals surface area (Å²) in [5.41, 5.74) is 18.6. The van der Waals surface area contributed by atoms with Gasteiger partial charge in [0.25, 0.3) is 0 Å². The Bertz CT molecular complexity index is 2600. The fraction of sp³-hybridized carbons (Fsp3) is 0.473. The number of hydrogen-bond acceptors (Lipinski definition) is 15. The van der Waals surface area contributed by atoms with E-state index in [4.69, 9.17) is 49.5 Å². The van der Waals surface area contributed by atoms with Crippen LogP contribution < -0.4 is 3.58 Å². The second-order valence-corrected chi connectivity index (χ2v) is 42.5. The molecule has 0 radical (unpaired) electrons. The zero-order chi connectivity index (χ0) is 55.5. The van der Waals surface area contributed by atoms with Gasteiger partial charge in [-0.25, -0.2) is 0 Å². The van der Waals surface area contributed by atoms with E-state index in [9.17, 15) is 0 Å². The molecule has 4 aromatic carbocycles. The summed E-state index contributed by atoms with van der Waals surface area (Å²) in [5.74, 6) is 0. The molecule has 0 fully saturated rings. The Labute approximate surface area is 469 Å². The van der Waals surface area contributed by atoms with Crippen LogP contribution in [0.1, 0.15) is 86.3 Å². The van der Waals surface area contributed by atoms with Crippen molar-refractivity contribution in [3.05, 3.63) is 145 Å². The zero-order valence-corrected chi connectivity index (χ0v) is 52.3. The zero-order valence-electron chi connectivity index (χ0n) is 45.3. The summed E-state index contributed by atoms with van der Waals surface area (Å²) >= 11 is 4.75. The molecule has 0 spiro atoms. The first kappa shape index (κ1) is 62.2. The van der Waals surface area contributed by atoms with Gasteiger partial charge in [-0.05, 0) is 82.3 Å². The van der Waals surface area contributed by atoms with Gasteiger partial charge >= 0.3 is 107 Å². The van der Waals surface area contributed by atoms with E-state index in [-0.39, 0.29) is 55.4 Å². The predicted molar refractivity (Wildman–Crippen MR) is 314 cm³/mol. The second kappa shape index (κ2) is 29.9. The molecule has 9 rings (SSSR count). The predicted octanol–water partition coefficient (Wildman–Crippen LogP) is 11.4. The van der Waals surface area contributed by atoms with E-state index >= 15 is 0 Å². The van der Waals surface area contributed by atoms with Crippen LogP contribution in [-0.4, -0.2) is 133 Å². The van der Waals surface area contributed by atoms with Crippen LogP contribution in [0.2, 0.25) is 33.0 Å². The van der Waals surface area contributed by atoms with Crippen LogP contribution in [0.3, 0.4) is 0 Å². The fourth-order valence-corrected chi connectivity index (χ4v) is 12.3. The summed E-state index contributed by atoms with van der Waals surface area (Å²) in [6.07, 6.45) is 3.08. The maximum atomic E-state index is 8.99. The first-order valence-electron chi connectivity index (χ1n) is 25.4. The van der Waals surface area contributed by atoms with E-state index in [1.807, 2.05) is 86.6 Å². The molecule has 0 aliphatic carbocycles. The topological polar surface area (TPSA) is 227 Å². The van der Waals surface area contributed by atoms with Crippen molar-refractivity contribution in [3.63, 3.8) is 0 Å². The van der Waals surface area contributed by atoms with Gasteiger partial charge in [-0.15, -0.1) is 0 Å². The number of nitrogens with zero attached hydrogens (tertiary/aromatic N) is 8. The Balaban J connectivity index is 0.000000176. The van der Waals surface area contributed by atoms with Gasteiger partial charge < -0.3 is 34.0 Å². The molecule has 5 aliphatic rings. The van der Waals surface area contributed by atoms with Gasteiger partial charge in [0.05, 0.1) is 43.5 Å². The van der Waals surface area contributed by atoms with E-state index in [0.717, 1.165) is 60.6 Å². The molecule has 76 heavy (non-hydrogen) atoms. The molecule has 17 nitrogen and oxygen atoms in total. The summed E-state index contributed by atoms with van der Waals surface area (Å²) in [4.78, 5) is 35.5. The Kier molecular flexibility index (Phi) is 24.5. The van der Waals surface area contributed by atoms with Crippen LogP contribution in [0.15, 0.2) is 132 Å². The third-order valence-electron chi connectivity index (χ3n) is 13.1. The SMILES string of the molecule is CC(C)(C)[Si](C)(C)OCC1CC(Br)=NO1.Cc1ccc(C2=NOC(CN=[N+]=[N-])C2)cc1.Cc1ccc(C2=NOC(CO)C2)cc1.OC[C@H]1CC(c2ccc(Br)cc2)=NO1.[CH3][Sn]([CH3])([CH3])[c]1ccc(C2=NO[C@@H](CO)C2)cc1. The van der Waals surface area contributed by atoms with E-state index in [2.05, 4.69) is 141 Å². The van der Waals surface area contributed by atoms with Crippen molar-refractivity contribution >= 4 is 89.6 Å². The monoisotopic (exact) mass is 1300 g/mol. The number of aryl methyl sites for hydroxylation is 2. The van der Waals surface area contributed by atoms with Crippen LogP contribution in [0.4, 0.5) is 0 Å². The first-order valence-corrected chi connectivity index (χ1v) is 39.9. The van der Waals surface area contributed by atoms with Crippen LogP contribution in [0, 0.1) is 13.8 Å². The third-order valence-corrected chi connectivity index (χ3v) is 24.4. The molecule has 4 aromatic rings. The minimum absolute atomic E-state index is 0.0174. The van der Waals surface area contributed by atoms with Gasteiger partial charge in [0.1, 0.15) is 10.7 Å². The van der Waals surface area contributed by atoms with Gasteiger partial charge in [0, 0.05) is 35.1 Å². The molecule has 21 heteroatoms. The van der Waals surface area contributed by atoms with Gasteiger partial charge in [-0.2, -0.15) is 0 Å². The van der Waals surface area contributed by atoms with Crippen LogP contribution in [0.25, 0.3) is 10.4 Å². The average Bonchev–Trinajstić information content (AvgIpc) is 4.28. The number of halogens is 2. The third kappa shape index (κ3) is 20.0. The van der Waals surface area contributed by atoms with Crippen molar-refractivity contribution in [1.82, 2.24) is 0 Å². The first-order chi connectivity index (χ1) is 36.1. The number of hydrogen-bond donors (Lipinski definition) is 3. The van der Waals surface area contributed by atoms with Crippen molar-refractivity contribution in [1.29, 1.82) is 0 Å². The molecule has 5 atom stereocenters. The standard InChI is InChI=1S/C11H12N4O.C11H13NO2.C10H20BrNO2Si.C10H10BrNO2.C10H10NO2.3CH3.Sn/c1-8-2-4-9(5-3-8)11-6-10(16-14-11)7-13-15-12;1-8-2-4-9(5-3-8)11-6-10(7-13)14-12-11;1-10(2,3)15(4,5)13-7-8-6-9(11)12-14-8;11-8-3-1-7(2-4-8)10-5-9(6-13)14-12-10;12-7-9-6-10(11-13-9)8-4-2-1-3-5-8;;;;/h2-5,10H,6-7H2,1H3;2-5,10,13H,6-7H2,1H3;8H,6-7H2,1-5H3;1-4,9,13H,5-6H2;2-5,9,12H,6-7H2;3*1H3;/t;;;2*9-;;;;/m...11..../s1. The van der Waals surface area contributed by atoms with E-state index in [1.165, 1.54) is 14.7 Å². The number of azide groups is 1. The number of rotatable bonds is 13. The number of aliphatic hydroxyl groups excluding tert-OH is 3. The molecule has 0 aromatic heterocycles. The quantitative estimate of drug-likeness (QED) is 0.0500. The van der Waals surface area contributed by atoms with Crippen molar-refractivity contribution in [2.24, 2.45) is 30.9 Å². The van der Waals surface area contributed by atoms with Gasteiger partial charge in [-0.1, -0.05) is 134 Å². The Morgan fingerprint density at radius 3 is 1.26 bits per heavy atom. The molecule has 410 valence electrons. The minimum atomic E-state index is -1.94. The van der Waals surface area contributed by atoms with Gasteiger partial charge in [-0.3, -0.25) is 0 Å². The molecular weight excluding hydrogens is 1220 g/mol. The normalized spacial score (nSPS) is 20.4. The Hall–Kier alpha value is -4.64. The number of oxime groups is 5. The number of aliphatic hydroxyl groups is 3. The summed E-state index contributed by atoms with van der Waals surface area (Å²) in [7, 11) is -1.64. The Morgan fingerprint density at radius 1 is 0.579 bits per heavy atom. The second-order valence-electron chi connectivity index (χ2n) is 21.4. The molecule has 3 N–H and O–H groups in total. The average molecular weight is 1300 g/mol. The van der Waals surface area contributed by atoms with Gasteiger partial charge in [0.15, 0.2) is 26.6 Å². The van der Waals surface area contributed by atoms with E-state index in [1.54, 1.807) is 0 Å². The van der Waals surface area contributed by atoms with Crippen LogP contribution in [-0.2, 0) is 28.6 Å². The van der Waals surface area contributed by atoms with Crippen LogP contribution >= 0.6 is 31.9 Å². The summed E-state index contributed by atoms with van der Waals surface area (Å²) in [6.45, 7) is 16.4. The molecule has 0 saturated carbocycles.